The molecule has 1 aromatic carbocycles. The summed E-state index contributed by atoms with van der Waals surface area (Å²) in [5, 5.41) is 2.71. The first-order valence-corrected chi connectivity index (χ1v) is 6.48. The smallest absolute Gasteiger partial charge is 0.221 e. The van der Waals surface area contributed by atoms with E-state index in [1.54, 1.807) is 0 Å². The molecule has 0 radical (unpaired) electrons. The molecule has 1 rings (SSSR count). The lowest BCUT2D eigenvalue weighted by Gasteiger charge is -2.08. The molecule has 1 aromatic rings. The van der Waals surface area contributed by atoms with Crippen LogP contribution in [0.3, 0.4) is 0 Å². The summed E-state index contributed by atoms with van der Waals surface area (Å²) in [5.41, 5.74) is 0. The van der Waals surface area contributed by atoms with E-state index in [4.69, 9.17) is 21.1 Å². The van der Waals surface area contributed by atoms with E-state index >= 15 is 0 Å². The fourth-order valence-corrected chi connectivity index (χ4v) is 1.50. The average Bonchev–Trinajstić information content (AvgIpc) is 2.37. The molecule has 1 amide bonds. The molecule has 0 bridgehead atoms. The van der Waals surface area contributed by atoms with E-state index in [-0.39, 0.29) is 5.91 Å². The lowest BCUT2D eigenvalue weighted by molar-refractivity contribution is -0.120. The van der Waals surface area contributed by atoms with E-state index < -0.39 is 0 Å². The van der Waals surface area contributed by atoms with Gasteiger partial charge in [-0.2, -0.15) is 0 Å². The first-order valence-electron chi connectivity index (χ1n) is 5.94. The van der Waals surface area contributed by atoms with Crippen molar-refractivity contribution in [2.45, 2.75) is 13.3 Å². The van der Waals surface area contributed by atoms with Crippen LogP contribution in [-0.4, -0.2) is 31.5 Å². The molecule has 1 N–H and O–H groups in total. The molecular formula is C13H18ClNO3. The molecule has 18 heavy (non-hydrogen) atoms. The van der Waals surface area contributed by atoms with Gasteiger partial charge in [0.05, 0.1) is 13.2 Å². The second-order valence-electron chi connectivity index (χ2n) is 3.54. The third-order valence-corrected chi connectivity index (χ3v) is 2.34. The molecule has 0 aliphatic heterocycles. The predicted molar refractivity (Wildman–Crippen MR) is 71.5 cm³/mol. The van der Waals surface area contributed by atoms with Gasteiger partial charge in [-0.15, -0.1) is 11.6 Å². The number of carbonyl (C=O) groups excluding carboxylic acids is 1. The Morgan fingerprint density at radius 2 is 1.83 bits per heavy atom. The molecule has 0 aliphatic rings. The second-order valence-corrected chi connectivity index (χ2v) is 3.92. The zero-order chi connectivity index (χ0) is 13.2. The van der Waals surface area contributed by atoms with Crippen molar-refractivity contribution in [1.82, 2.24) is 5.32 Å². The number of hydrogen-bond acceptors (Lipinski definition) is 3. The number of carbonyl (C=O) groups is 1. The Balaban J connectivity index is 2.21. The van der Waals surface area contributed by atoms with Crippen LogP contribution in [0.15, 0.2) is 24.3 Å². The number of benzene rings is 1. The predicted octanol–water partition coefficient (Wildman–Crippen LogP) is 2.21. The lowest BCUT2D eigenvalue weighted by Crippen LogP contribution is -2.28. The maximum atomic E-state index is 11.1. The fourth-order valence-electron chi connectivity index (χ4n) is 1.33. The third-order valence-electron chi connectivity index (χ3n) is 2.15. The second kappa shape index (κ2) is 8.64. The molecule has 100 valence electrons. The summed E-state index contributed by atoms with van der Waals surface area (Å²) in [6.45, 7) is 3.49. The Morgan fingerprint density at radius 1 is 1.22 bits per heavy atom. The summed E-state index contributed by atoms with van der Waals surface area (Å²) >= 11 is 5.44. The monoisotopic (exact) mass is 271 g/mol. The highest BCUT2D eigenvalue weighted by molar-refractivity contribution is 6.18. The van der Waals surface area contributed by atoms with Crippen LogP contribution in [0.1, 0.15) is 13.3 Å². The number of rotatable bonds is 8. The molecule has 0 aromatic heterocycles. The Kier molecular flexibility index (Phi) is 7.03. The Hall–Kier alpha value is -1.42. The van der Waals surface area contributed by atoms with Gasteiger partial charge in [0.2, 0.25) is 5.91 Å². The summed E-state index contributed by atoms with van der Waals surface area (Å²) in [6, 6.07) is 7.38. The third kappa shape index (κ3) is 5.77. The molecule has 0 spiro atoms. The van der Waals surface area contributed by atoms with Crippen LogP contribution in [0.2, 0.25) is 0 Å². The number of nitrogens with one attached hydrogen (secondary N) is 1. The highest BCUT2D eigenvalue weighted by atomic mass is 35.5. The number of alkyl halides is 1. The van der Waals surface area contributed by atoms with Gasteiger partial charge in [0.25, 0.3) is 0 Å². The molecule has 0 saturated carbocycles. The first kappa shape index (κ1) is 14.6. The maximum absolute atomic E-state index is 11.1. The van der Waals surface area contributed by atoms with Gasteiger partial charge < -0.3 is 14.8 Å². The van der Waals surface area contributed by atoms with Crippen molar-refractivity contribution in [2.75, 3.05) is 25.6 Å². The van der Waals surface area contributed by atoms with Crippen LogP contribution in [0, 0.1) is 0 Å². The number of halogens is 1. The van der Waals surface area contributed by atoms with Crippen molar-refractivity contribution >= 4 is 17.5 Å². The molecule has 4 nitrogen and oxygen atoms in total. The Labute approximate surface area is 112 Å². The number of amides is 1. The molecule has 5 heteroatoms. The topological polar surface area (TPSA) is 47.6 Å². The Bertz CT molecular complexity index is 354. The summed E-state index contributed by atoms with van der Waals surface area (Å²) < 4.78 is 10.8. The minimum absolute atomic E-state index is 0.0553. The largest absolute Gasteiger partial charge is 0.494 e. The van der Waals surface area contributed by atoms with Gasteiger partial charge in [0, 0.05) is 12.3 Å². The minimum atomic E-state index is -0.0553. The van der Waals surface area contributed by atoms with Crippen molar-refractivity contribution in [3.63, 3.8) is 0 Å². The van der Waals surface area contributed by atoms with E-state index in [2.05, 4.69) is 5.32 Å². The van der Waals surface area contributed by atoms with Gasteiger partial charge in [-0.05, 0) is 31.2 Å². The van der Waals surface area contributed by atoms with Gasteiger partial charge in [-0.1, -0.05) is 0 Å². The summed E-state index contributed by atoms with van der Waals surface area (Å²) in [7, 11) is 0. The van der Waals surface area contributed by atoms with Crippen molar-refractivity contribution in [3.8, 4) is 11.5 Å². The van der Waals surface area contributed by atoms with E-state index in [1.165, 1.54) is 0 Å². The van der Waals surface area contributed by atoms with Crippen LogP contribution in [0.5, 0.6) is 11.5 Å². The SMILES string of the molecule is CCOc1ccc(OCCNC(=O)CCCl)cc1. The van der Waals surface area contributed by atoms with E-state index in [1.807, 2.05) is 31.2 Å². The van der Waals surface area contributed by atoms with Crippen LogP contribution < -0.4 is 14.8 Å². The lowest BCUT2D eigenvalue weighted by atomic mass is 10.3. The van der Waals surface area contributed by atoms with Gasteiger partial charge in [-0.3, -0.25) is 4.79 Å². The quantitative estimate of drug-likeness (QED) is 0.582. The summed E-state index contributed by atoms with van der Waals surface area (Å²) in [5.74, 6) is 1.86. The van der Waals surface area contributed by atoms with Gasteiger partial charge in [0.1, 0.15) is 18.1 Å². The van der Waals surface area contributed by atoms with E-state index in [0.29, 0.717) is 32.1 Å². The molecule has 0 atom stereocenters. The van der Waals surface area contributed by atoms with E-state index in [9.17, 15) is 4.79 Å². The zero-order valence-corrected chi connectivity index (χ0v) is 11.2. The summed E-state index contributed by atoms with van der Waals surface area (Å²) in [6.07, 6.45) is 0.338. The van der Waals surface area contributed by atoms with Crippen LogP contribution >= 0.6 is 11.6 Å². The molecule has 0 unspecified atom stereocenters. The van der Waals surface area contributed by atoms with Crippen molar-refractivity contribution in [2.24, 2.45) is 0 Å². The average molecular weight is 272 g/mol. The molecule has 0 heterocycles. The zero-order valence-electron chi connectivity index (χ0n) is 10.4. The summed E-state index contributed by atoms with van der Waals surface area (Å²) in [4.78, 5) is 11.1. The van der Waals surface area contributed by atoms with Gasteiger partial charge >= 0.3 is 0 Å². The minimum Gasteiger partial charge on any atom is -0.494 e. The Morgan fingerprint density at radius 3 is 2.39 bits per heavy atom. The molecule has 0 fully saturated rings. The van der Waals surface area contributed by atoms with Crippen LogP contribution in [-0.2, 0) is 4.79 Å². The van der Waals surface area contributed by atoms with E-state index in [0.717, 1.165) is 11.5 Å². The fraction of sp³-hybridized carbons (Fsp3) is 0.462. The van der Waals surface area contributed by atoms with Crippen molar-refractivity contribution < 1.29 is 14.3 Å². The highest BCUT2D eigenvalue weighted by Crippen LogP contribution is 2.17. The van der Waals surface area contributed by atoms with Gasteiger partial charge in [-0.25, -0.2) is 0 Å². The molecular weight excluding hydrogens is 254 g/mol. The first-order chi connectivity index (χ1) is 8.76. The number of hydrogen-bond donors (Lipinski definition) is 1. The van der Waals surface area contributed by atoms with Gasteiger partial charge in [0.15, 0.2) is 0 Å². The highest BCUT2D eigenvalue weighted by Gasteiger charge is 1.99. The van der Waals surface area contributed by atoms with Crippen molar-refractivity contribution in [1.29, 1.82) is 0 Å². The number of ether oxygens (including phenoxy) is 2. The normalized spacial score (nSPS) is 9.89. The van der Waals surface area contributed by atoms with Crippen LogP contribution in [0.4, 0.5) is 0 Å². The standard InChI is InChI=1S/C13H18ClNO3/c1-2-17-11-3-5-12(6-4-11)18-10-9-15-13(16)7-8-14/h3-6H,2,7-10H2,1H3,(H,15,16). The van der Waals surface area contributed by atoms with Crippen LogP contribution in [0.25, 0.3) is 0 Å². The maximum Gasteiger partial charge on any atom is 0.221 e. The molecule has 0 aliphatic carbocycles. The van der Waals surface area contributed by atoms with Crippen molar-refractivity contribution in [3.05, 3.63) is 24.3 Å². The molecule has 0 saturated heterocycles.